The highest BCUT2D eigenvalue weighted by Gasteiger charge is 2.11. The lowest BCUT2D eigenvalue weighted by Gasteiger charge is -2.10. The van der Waals surface area contributed by atoms with E-state index in [0.717, 1.165) is 12.1 Å². The molecule has 9 heteroatoms. The lowest BCUT2D eigenvalue weighted by molar-refractivity contribution is -0.125. The van der Waals surface area contributed by atoms with Crippen LogP contribution in [0.5, 0.6) is 5.75 Å². The Morgan fingerprint density at radius 2 is 1.68 bits per heavy atom. The predicted octanol–water partition coefficient (Wildman–Crippen LogP) is 3.41. The van der Waals surface area contributed by atoms with Gasteiger partial charge in [0.25, 0.3) is 5.91 Å². The summed E-state index contributed by atoms with van der Waals surface area (Å²) in [6, 6.07) is 7.63. The molecule has 2 rings (SSSR count). The van der Waals surface area contributed by atoms with Gasteiger partial charge in [0.2, 0.25) is 5.91 Å². The molecule has 5 nitrogen and oxygen atoms in total. The topological polar surface area (TPSA) is 67.4 Å². The monoisotopic (exact) mass is 388 g/mol. The summed E-state index contributed by atoms with van der Waals surface area (Å²) < 4.78 is 31.0. The van der Waals surface area contributed by atoms with Gasteiger partial charge in [-0.15, -0.1) is 0 Å². The first-order valence-corrected chi connectivity index (χ1v) is 7.71. The van der Waals surface area contributed by atoms with Crippen molar-refractivity contribution in [1.82, 2.24) is 5.32 Å². The minimum atomic E-state index is -1.09. The van der Waals surface area contributed by atoms with E-state index in [9.17, 15) is 18.4 Å². The number of rotatable bonds is 6. The molecular formula is C16H12Cl2F2N2O3. The van der Waals surface area contributed by atoms with Gasteiger partial charge in [-0.2, -0.15) is 0 Å². The van der Waals surface area contributed by atoms with E-state index < -0.39 is 30.1 Å². The van der Waals surface area contributed by atoms with Crippen molar-refractivity contribution in [2.45, 2.75) is 0 Å². The Labute approximate surface area is 151 Å². The van der Waals surface area contributed by atoms with Gasteiger partial charge in [0, 0.05) is 11.8 Å². The lowest BCUT2D eigenvalue weighted by Crippen LogP contribution is -2.35. The van der Waals surface area contributed by atoms with Crippen molar-refractivity contribution >= 4 is 40.7 Å². The van der Waals surface area contributed by atoms with Crippen LogP contribution in [0.25, 0.3) is 0 Å². The molecule has 0 aliphatic carbocycles. The zero-order chi connectivity index (χ0) is 18.4. The SMILES string of the molecule is O=C(COc1c(Cl)cccc1Cl)NCC(=O)Nc1ccc(F)c(F)c1. The van der Waals surface area contributed by atoms with Crippen LogP contribution in [0.15, 0.2) is 36.4 Å². The van der Waals surface area contributed by atoms with Crippen molar-refractivity contribution in [3.05, 3.63) is 58.1 Å². The van der Waals surface area contributed by atoms with Gasteiger partial charge in [-0.1, -0.05) is 29.3 Å². The van der Waals surface area contributed by atoms with Gasteiger partial charge in [0.15, 0.2) is 24.0 Å². The first-order chi connectivity index (χ1) is 11.9. The molecule has 0 aliphatic heterocycles. The number of anilines is 1. The molecule has 0 fully saturated rings. The van der Waals surface area contributed by atoms with Crippen LogP contribution in [0.2, 0.25) is 10.0 Å². The second kappa shape index (κ2) is 8.64. The number of benzene rings is 2. The second-order valence-corrected chi connectivity index (χ2v) is 5.61. The summed E-state index contributed by atoms with van der Waals surface area (Å²) >= 11 is 11.8. The zero-order valence-electron chi connectivity index (χ0n) is 12.6. The number of amides is 2. The number of para-hydroxylation sites is 1. The molecule has 25 heavy (non-hydrogen) atoms. The van der Waals surface area contributed by atoms with Crippen LogP contribution >= 0.6 is 23.2 Å². The van der Waals surface area contributed by atoms with E-state index in [4.69, 9.17) is 27.9 Å². The first-order valence-electron chi connectivity index (χ1n) is 6.95. The molecule has 0 unspecified atom stereocenters. The van der Waals surface area contributed by atoms with Crippen molar-refractivity contribution in [2.75, 3.05) is 18.5 Å². The summed E-state index contributed by atoms with van der Waals surface area (Å²) in [6.45, 7) is -0.778. The van der Waals surface area contributed by atoms with Gasteiger partial charge in [0.05, 0.1) is 16.6 Å². The minimum absolute atomic E-state index is 0.0669. The molecule has 132 valence electrons. The van der Waals surface area contributed by atoms with Crippen molar-refractivity contribution < 1.29 is 23.1 Å². The van der Waals surface area contributed by atoms with Crippen molar-refractivity contribution in [2.24, 2.45) is 0 Å². The molecule has 0 bridgehead atoms. The number of ether oxygens (including phenoxy) is 1. The average molecular weight is 389 g/mol. The molecule has 0 radical (unpaired) electrons. The third-order valence-corrected chi connectivity index (χ3v) is 3.51. The molecular weight excluding hydrogens is 377 g/mol. The average Bonchev–Trinajstić information content (AvgIpc) is 2.56. The van der Waals surface area contributed by atoms with E-state index in [2.05, 4.69) is 10.6 Å². The molecule has 0 aliphatic rings. The maximum absolute atomic E-state index is 13.0. The van der Waals surface area contributed by atoms with Crippen LogP contribution in [0.3, 0.4) is 0 Å². The fourth-order valence-corrected chi connectivity index (χ4v) is 2.27. The quantitative estimate of drug-likeness (QED) is 0.796. The normalized spacial score (nSPS) is 10.2. The van der Waals surface area contributed by atoms with Crippen LogP contribution in [0, 0.1) is 11.6 Å². The molecule has 0 atom stereocenters. The predicted molar refractivity (Wildman–Crippen MR) is 90.0 cm³/mol. The molecule has 2 N–H and O–H groups in total. The number of hydrogen-bond acceptors (Lipinski definition) is 3. The van der Waals surface area contributed by atoms with Crippen LogP contribution in [-0.4, -0.2) is 25.0 Å². The third-order valence-electron chi connectivity index (χ3n) is 2.92. The maximum Gasteiger partial charge on any atom is 0.258 e. The molecule has 0 saturated carbocycles. The van der Waals surface area contributed by atoms with Gasteiger partial charge < -0.3 is 15.4 Å². The van der Waals surface area contributed by atoms with Crippen molar-refractivity contribution in [1.29, 1.82) is 0 Å². The Hall–Kier alpha value is -2.38. The summed E-state index contributed by atoms with van der Waals surface area (Å²) in [5.74, 6) is -3.16. The molecule has 2 aromatic carbocycles. The van der Waals surface area contributed by atoms with E-state index in [0.29, 0.717) is 0 Å². The highest BCUT2D eigenvalue weighted by atomic mass is 35.5. The highest BCUT2D eigenvalue weighted by Crippen LogP contribution is 2.32. The number of halogens is 4. The summed E-state index contributed by atoms with van der Waals surface area (Å²) in [5.41, 5.74) is 0.0669. The summed E-state index contributed by atoms with van der Waals surface area (Å²) in [4.78, 5) is 23.4. The van der Waals surface area contributed by atoms with E-state index in [1.165, 1.54) is 6.07 Å². The molecule has 0 spiro atoms. The number of carbonyl (C=O) groups is 2. The Kier molecular flexibility index (Phi) is 6.55. The van der Waals surface area contributed by atoms with Crippen molar-refractivity contribution in [3.63, 3.8) is 0 Å². The Morgan fingerprint density at radius 3 is 2.32 bits per heavy atom. The van der Waals surface area contributed by atoms with Gasteiger partial charge in [-0.05, 0) is 24.3 Å². The summed E-state index contributed by atoms with van der Waals surface area (Å²) in [6.07, 6.45) is 0. The number of hydrogen-bond donors (Lipinski definition) is 2. The number of nitrogens with one attached hydrogen (secondary N) is 2. The first kappa shape index (κ1) is 19.0. The lowest BCUT2D eigenvalue weighted by atomic mass is 10.3. The van der Waals surface area contributed by atoms with Gasteiger partial charge >= 0.3 is 0 Å². The van der Waals surface area contributed by atoms with E-state index >= 15 is 0 Å². The fourth-order valence-electron chi connectivity index (χ4n) is 1.77. The molecule has 2 amide bonds. The molecule has 0 saturated heterocycles. The van der Waals surface area contributed by atoms with Gasteiger partial charge in [-0.3, -0.25) is 9.59 Å². The third kappa shape index (κ3) is 5.58. The van der Waals surface area contributed by atoms with E-state index in [1.807, 2.05) is 0 Å². The van der Waals surface area contributed by atoms with Crippen LogP contribution in [0.1, 0.15) is 0 Å². The van der Waals surface area contributed by atoms with Crippen LogP contribution in [0.4, 0.5) is 14.5 Å². The van der Waals surface area contributed by atoms with E-state index in [-0.39, 0.29) is 28.0 Å². The molecule has 2 aromatic rings. The minimum Gasteiger partial charge on any atom is -0.481 e. The summed E-state index contributed by atoms with van der Waals surface area (Å²) in [5, 5.41) is 5.12. The number of carbonyl (C=O) groups excluding carboxylic acids is 2. The van der Waals surface area contributed by atoms with Crippen LogP contribution in [-0.2, 0) is 9.59 Å². The van der Waals surface area contributed by atoms with Crippen LogP contribution < -0.4 is 15.4 Å². The second-order valence-electron chi connectivity index (χ2n) is 4.79. The molecule has 0 heterocycles. The Morgan fingerprint density at radius 1 is 1.00 bits per heavy atom. The van der Waals surface area contributed by atoms with Gasteiger partial charge in [0.1, 0.15) is 0 Å². The largest absolute Gasteiger partial charge is 0.481 e. The highest BCUT2D eigenvalue weighted by molar-refractivity contribution is 6.37. The Bertz CT molecular complexity index is 783. The summed E-state index contributed by atoms with van der Waals surface area (Å²) in [7, 11) is 0. The van der Waals surface area contributed by atoms with E-state index in [1.54, 1.807) is 18.2 Å². The van der Waals surface area contributed by atoms with Gasteiger partial charge in [-0.25, -0.2) is 8.78 Å². The Balaban J connectivity index is 1.79. The molecule has 0 aromatic heterocycles. The maximum atomic E-state index is 13.0. The zero-order valence-corrected chi connectivity index (χ0v) is 14.1. The smallest absolute Gasteiger partial charge is 0.258 e. The standard InChI is InChI=1S/C16H12Cl2F2N2O3/c17-10-2-1-3-11(18)16(10)25-8-15(24)21-7-14(23)22-9-4-5-12(19)13(20)6-9/h1-6H,7-8H2,(H,21,24)(H,22,23). The fraction of sp³-hybridized carbons (Fsp3) is 0.125. The van der Waals surface area contributed by atoms with Crippen molar-refractivity contribution in [3.8, 4) is 5.75 Å².